The molecule has 2 heterocycles. The normalized spacial score (nSPS) is 15.1. The van der Waals surface area contributed by atoms with Crippen LogP contribution < -0.4 is 10.2 Å². The van der Waals surface area contributed by atoms with Gasteiger partial charge in [-0.15, -0.1) is 0 Å². The van der Waals surface area contributed by atoms with Gasteiger partial charge in [0.25, 0.3) is 0 Å². The van der Waals surface area contributed by atoms with Gasteiger partial charge in [-0.3, -0.25) is 9.69 Å². The molecular weight excluding hydrogens is 346 g/mol. The predicted molar refractivity (Wildman–Crippen MR) is 102 cm³/mol. The van der Waals surface area contributed by atoms with E-state index in [9.17, 15) is 9.90 Å². The Bertz CT molecular complexity index is 1000. The molecule has 1 aliphatic rings. The summed E-state index contributed by atoms with van der Waals surface area (Å²) in [6.45, 7) is 3.33. The monoisotopic (exact) mass is 367 g/mol. The van der Waals surface area contributed by atoms with Crippen molar-refractivity contribution < 1.29 is 19.0 Å². The molecule has 6 heteroatoms. The van der Waals surface area contributed by atoms with Crippen molar-refractivity contribution in [1.82, 2.24) is 4.90 Å². The van der Waals surface area contributed by atoms with Crippen LogP contribution in [0.25, 0.3) is 22.3 Å². The van der Waals surface area contributed by atoms with Crippen LogP contribution in [0.15, 0.2) is 51.7 Å². The van der Waals surface area contributed by atoms with Crippen LogP contribution in [0.4, 0.5) is 0 Å². The van der Waals surface area contributed by atoms with E-state index in [1.54, 1.807) is 19.2 Å². The molecule has 6 nitrogen and oxygen atoms in total. The quantitative estimate of drug-likeness (QED) is 0.764. The minimum atomic E-state index is -0.166. The molecule has 27 heavy (non-hydrogen) atoms. The molecule has 0 saturated carbocycles. The van der Waals surface area contributed by atoms with E-state index in [0.717, 1.165) is 24.4 Å². The van der Waals surface area contributed by atoms with Crippen molar-refractivity contribution in [2.45, 2.75) is 6.54 Å². The van der Waals surface area contributed by atoms with Gasteiger partial charge in [-0.25, -0.2) is 0 Å². The standard InChI is InChI=1S/C21H21NO5/c1-25-15-4-2-14(3-5-15)20-12-18(24)21-16(13-22-8-10-26-11-9-22)17(23)6-7-19(21)27-20/h2-7,12,23H,8-11,13H2,1H3. The molecule has 0 amide bonds. The average Bonchev–Trinajstić information content (AvgIpc) is 2.71. The van der Waals surface area contributed by atoms with Gasteiger partial charge in [0.15, 0.2) is 5.43 Å². The first-order valence-corrected chi connectivity index (χ1v) is 8.89. The third-order valence-corrected chi connectivity index (χ3v) is 4.84. The topological polar surface area (TPSA) is 72.1 Å². The number of hydrogen-bond acceptors (Lipinski definition) is 6. The summed E-state index contributed by atoms with van der Waals surface area (Å²) in [6.07, 6.45) is 0. The number of benzene rings is 2. The molecule has 1 fully saturated rings. The predicted octanol–water partition coefficient (Wildman–Crippen LogP) is 3.01. The van der Waals surface area contributed by atoms with Crippen molar-refractivity contribution >= 4 is 11.0 Å². The van der Waals surface area contributed by atoms with Gasteiger partial charge in [-0.2, -0.15) is 0 Å². The number of hydrogen-bond donors (Lipinski definition) is 1. The summed E-state index contributed by atoms with van der Waals surface area (Å²) < 4.78 is 16.5. The van der Waals surface area contributed by atoms with Gasteiger partial charge in [-0.1, -0.05) is 0 Å². The number of aromatic hydroxyl groups is 1. The van der Waals surface area contributed by atoms with Crippen LogP contribution in [0.5, 0.6) is 11.5 Å². The fourth-order valence-electron chi connectivity index (χ4n) is 3.35. The smallest absolute Gasteiger partial charge is 0.193 e. The maximum absolute atomic E-state index is 12.9. The second kappa shape index (κ2) is 7.42. The first kappa shape index (κ1) is 17.6. The summed E-state index contributed by atoms with van der Waals surface area (Å²) in [6, 6.07) is 12.0. The van der Waals surface area contributed by atoms with Crippen LogP contribution in [-0.2, 0) is 11.3 Å². The van der Waals surface area contributed by atoms with E-state index in [-0.39, 0.29) is 11.2 Å². The van der Waals surface area contributed by atoms with E-state index in [4.69, 9.17) is 13.9 Å². The summed E-state index contributed by atoms with van der Waals surface area (Å²) in [5.41, 5.74) is 1.69. The van der Waals surface area contributed by atoms with Crippen LogP contribution in [0.3, 0.4) is 0 Å². The Kier molecular flexibility index (Phi) is 4.83. The molecule has 1 saturated heterocycles. The van der Waals surface area contributed by atoms with Crippen molar-refractivity contribution in [2.24, 2.45) is 0 Å². The fourth-order valence-corrected chi connectivity index (χ4v) is 3.35. The number of morpholine rings is 1. The molecule has 2 aromatic carbocycles. The molecule has 1 aromatic heterocycles. The zero-order valence-corrected chi connectivity index (χ0v) is 15.1. The van der Waals surface area contributed by atoms with E-state index in [1.165, 1.54) is 6.07 Å². The molecule has 140 valence electrons. The van der Waals surface area contributed by atoms with Crippen molar-refractivity contribution in [3.05, 3.63) is 58.3 Å². The highest BCUT2D eigenvalue weighted by atomic mass is 16.5. The van der Waals surface area contributed by atoms with Gasteiger partial charge in [0.1, 0.15) is 22.8 Å². The van der Waals surface area contributed by atoms with E-state index in [0.29, 0.717) is 42.1 Å². The third-order valence-electron chi connectivity index (χ3n) is 4.84. The van der Waals surface area contributed by atoms with Crippen LogP contribution in [0.1, 0.15) is 5.56 Å². The molecule has 1 N–H and O–H groups in total. The van der Waals surface area contributed by atoms with Gasteiger partial charge in [-0.05, 0) is 36.4 Å². The van der Waals surface area contributed by atoms with E-state index in [2.05, 4.69) is 4.90 Å². The molecule has 0 unspecified atom stereocenters. The van der Waals surface area contributed by atoms with Gasteiger partial charge in [0, 0.05) is 36.8 Å². The molecule has 4 rings (SSSR count). The van der Waals surface area contributed by atoms with Gasteiger partial charge >= 0.3 is 0 Å². The van der Waals surface area contributed by atoms with Gasteiger partial charge in [0.2, 0.25) is 0 Å². The lowest BCUT2D eigenvalue weighted by Gasteiger charge is -2.27. The molecule has 3 aromatic rings. The molecule has 1 aliphatic heterocycles. The lowest BCUT2D eigenvalue weighted by Crippen LogP contribution is -2.35. The summed E-state index contributed by atoms with van der Waals surface area (Å²) in [5, 5.41) is 10.8. The Balaban J connectivity index is 1.76. The summed E-state index contributed by atoms with van der Waals surface area (Å²) in [4.78, 5) is 15.0. The van der Waals surface area contributed by atoms with Crippen LogP contribution in [-0.4, -0.2) is 43.4 Å². The number of ether oxygens (including phenoxy) is 2. The van der Waals surface area contributed by atoms with E-state index in [1.807, 2.05) is 24.3 Å². The molecular formula is C21H21NO5. The highest BCUT2D eigenvalue weighted by Crippen LogP contribution is 2.30. The minimum absolute atomic E-state index is 0.110. The Labute approximate surface area is 156 Å². The number of phenols is 1. The molecule has 0 bridgehead atoms. The highest BCUT2D eigenvalue weighted by Gasteiger charge is 2.18. The van der Waals surface area contributed by atoms with E-state index >= 15 is 0 Å². The Morgan fingerprint density at radius 3 is 2.56 bits per heavy atom. The maximum atomic E-state index is 12.9. The van der Waals surface area contributed by atoms with E-state index < -0.39 is 0 Å². The summed E-state index contributed by atoms with van der Waals surface area (Å²) in [7, 11) is 1.60. The second-order valence-corrected chi connectivity index (χ2v) is 6.53. The fraction of sp³-hybridized carbons (Fsp3) is 0.286. The number of nitrogens with zero attached hydrogens (tertiary/aromatic N) is 1. The van der Waals surface area contributed by atoms with Crippen molar-refractivity contribution in [2.75, 3.05) is 33.4 Å². The van der Waals surface area contributed by atoms with Crippen LogP contribution in [0, 0.1) is 0 Å². The average molecular weight is 367 g/mol. The number of rotatable bonds is 4. The minimum Gasteiger partial charge on any atom is -0.508 e. The lowest BCUT2D eigenvalue weighted by atomic mass is 10.0. The molecule has 0 radical (unpaired) electrons. The largest absolute Gasteiger partial charge is 0.508 e. The first-order valence-electron chi connectivity index (χ1n) is 8.89. The third kappa shape index (κ3) is 3.54. The summed E-state index contributed by atoms with van der Waals surface area (Å²) >= 11 is 0. The summed E-state index contributed by atoms with van der Waals surface area (Å²) in [5.74, 6) is 1.33. The zero-order valence-electron chi connectivity index (χ0n) is 15.1. The van der Waals surface area contributed by atoms with Crippen LogP contribution >= 0.6 is 0 Å². The van der Waals surface area contributed by atoms with Crippen LogP contribution in [0.2, 0.25) is 0 Å². The van der Waals surface area contributed by atoms with Gasteiger partial charge in [0.05, 0.1) is 25.7 Å². The Morgan fingerprint density at radius 2 is 1.85 bits per heavy atom. The highest BCUT2D eigenvalue weighted by molar-refractivity contribution is 5.84. The Hall–Kier alpha value is -2.83. The van der Waals surface area contributed by atoms with Crippen molar-refractivity contribution in [1.29, 1.82) is 0 Å². The second-order valence-electron chi connectivity index (χ2n) is 6.53. The SMILES string of the molecule is COc1ccc(-c2cc(=O)c3c(CN4CCOCC4)c(O)ccc3o2)cc1. The van der Waals surface area contributed by atoms with Crippen molar-refractivity contribution in [3.63, 3.8) is 0 Å². The van der Waals surface area contributed by atoms with Gasteiger partial charge < -0.3 is 19.0 Å². The Morgan fingerprint density at radius 1 is 1.11 bits per heavy atom. The lowest BCUT2D eigenvalue weighted by molar-refractivity contribution is 0.0340. The zero-order chi connectivity index (χ0) is 18.8. The first-order chi connectivity index (χ1) is 13.2. The number of phenolic OH excluding ortho intramolecular Hbond substituents is 1. The molecule has 0 aliphatic carbocycles. The molecule has 0 spiro atoms. The van der Waals surface area contributed by atoms with Crippen molar-refractivity contribution in [3.8, 4) is 22.8 Å². The number of methoxy groups -OCH3 is 1. The molecule has 0 atom stereocenters. The maximum Gasteiger partial charge on any atom is 0.193 e. The number of fused-ring (bicyclic) bond motifs is 1.